The number of carbonyl (C=O) groups is 3. The number of benzene rings is 6. The van der Waals surface area contributed by atoms with Gasteiger partial charge in [0.25, 0.3) is 60.2 Å². The number of nitrogens with zero attached hydrogens (tertiary/aromatic N) is 12. The van der Waals surface area contributed by atoms with Crippen LogP contribution in [0.15, 0.2) is 164 Å². The summed E-state index contributed by atoms with van der Waals surface area (Å²) in [5, 5.41) is 21.6. The number of carbonyl (C=O) groups excluding carboxylic acids is 3. The van der Waals surface area contributed by atoms with Crippen LogP contribution in [0.4, 0.5) is 22.0 Å². The highest BCUT2D eigenvalue weighted by molar-refractivity contribution is 7.87. The van der Waals surface area contributed by atoms with Crippen molar-refractivity contribution in [2.24, 2.45) is 0 Å². The second-order valence-corrected chi connectivity index (χ2v) is 45.7. The zero-order valence-corrected chi connectivity index (χ0v) is 86.1. The summed E-state index contributed by atoms with van der Waals surface area (Å²) in [5.74, 6) is 11.2. The lowest BCUT2D eigenvalue weighted by Crippen LogP contribution is -2.60. The Bertz CT molecular complexity index is 7270. The third-order valence-electron chi connectivity index (χ3n) is 23.9. The number of hydrogen-bond donors (Lipinski definition) is 6. The summed E-state index contributed by atoms with van der Waals surface area (Å²) in [6.07, 6.45) is 7.05. The van der Waals surface area contributed by atoms with E-state index in [9.17, 15) is 61.6 Å². The van der Waals surface area contributed by atoms with Crippen LogP contribution in [0.5, 0.6) is 0 Å². The summed E-state index contributed by atoms with van der Waals surface area (Å²) in [5.41, 5.74) is 18.0. The molecule has 0 radical (unpaired) electrons. The molecule has 27 nitrogen and oxygen atoms in total. The van der Waals surface area contributed by atoms with Crippen molar-refractivity contribution in [3.05, 3.63) is 276 Å². The van der Waals surface area contributed by atoms with Gasteiger partial charge in [-0.05, 0) is 193 Å². The molecule has 44 heteroatoms. The minimum Gasteiger partial charge on any atom is -0.283 e. The smallest absolute Gasteiger partial charge is 0.283 e. The average molecular weight is 2170 g/mol. The van der Waals surface area contributed by atoms with E-state index in [0.717, 1.165) is 100 Å². The maximum atomic E-state index is 14.0. The molecular formula is C98H95Cl6F5N18O9S6. The lowest BCUT2D eigenvalue weighted by molar-refractivity contribution is -0.0949. The Labute approximate surface area is 861 Å². The number of aromatic nitrogens is 6. The van der Waals surface area contributed by atoms with Crippen molar-refractivity contribution in [3.8, 4) is 84.3 Å². The molecule has 6 aromatic carbocycles. The molecule has 142 heavy (non-hydrogen) atoms. The molecule has 12 aromatic rings. The molecule has 18 rings (SSSR count). The highest BCUT2D eigenvalue weighted by atomic mass is 35.5. The summed E-state index contributed by atoms with van der Waals surface area (Å²) in [4.78, 5) is 45.7. The fourth-order valence-electron chi connectivity index (χ4n) is 16.4. The van der Waals surface area contributed by atoms with Gasteiger partial charge in [0.15, 0.2) is 17.1 Å². The van der Waals surface area contributed by atoms with Crippen LogP contribution in [0.2, 0.25) is 30.1 Å². The summed E-state index contributed by atoms with van der Waals surface area (Å²) in [7, 11) is -12.7. The number of nitrogens with one attached hydrogen (secondary N) is 6. The topological polar surface area (TPSA) is 299 Å². The average Bonchev–Trinajstić information content (AvgIpc) is 1.63. The van der Waals surface area contributed by atoms with Crippen LogP contribution in [0, 0.1) is 56.3 Å². The number of alkyl halides is 5. The number of rotatable bonds is 24. The molecule has 0 bridgehead atoms. The standard InChI is InChI=1S/C33H32Cl2F2N6O3S2.C33H33Cl2FN6O3S2.C32H30Cl2F2N6O3S2/c1-22-5-7-23(8-6-22)9-11-25-12-14-29(47-25)31-26(20-38-48(45,46)42-18-15-33(36,37)21-42)30(32(44)40-41-16-3-2-4-17-41)39-43(31)28-13-10-24(34)19-27(28)35;1-22-5-7-23(8-6-22)9-11-26-12-14-30(46-26)32-27(20-37-47(44,45)41-18-15-25(36)21-41)31(33(43)39-40-16-3-2-4-17-40)38-42(32)29-13-10-24(34)19-28(29)35;1-21-5-7-22(8-6-21)9-11-24-12-14-28(46-24)30-25(18-37-47(44,45)41-19-32(35,36)20-41)29(31(43)39-40-15-3-2-4-16-40)38-42(30)27-13-10-23(33)17-26(27)34/h5-8,10,12-14,19,38H,2-4,15-18,20-21H2,1H3,(H,40,44);5-8,10,12-14,19,25,37H,2-4,15-18,20-21H2,1H3,(H,39,43);5-8,10,12-14,17,37H,2-4,15-16,18-20H2,1H3,(H,39,43)/t;25-;/m.0./s1. The molecule has 744 valence electrons. The summed E-state index contributed by atoms with van der Waals surface area (Å²) in [6, 6.07) is 49.1. The summed E-state index contributed by atoms with van der Waals surface area (Å²) >= 11 is 42.6. The number of aryl methyl sites for hydroxylation is 3. The lowest BCUT2D eigenvalue weighted by Gasteiger charge is -2.37. The lowest BCUT2D eigenvalue weighted by atomic mass is 10.1. The Balaban J connectivity index is 0.000000153. The Kier molecular flexibility index (Phi) is 33.8. The van der Waals surface area contributed by atoms with Crippen molar-refractivity contribution in [1.29, 1.82) is 0 Å². The van der Waals surface area contributed by atoms with Crippen molar-refractivity contribution < 1.29 is 61.6 Å². The number of piperidine rings is 3. The first-order valence-corrected chi connectivity index (χ1v) is 54.5. The molecule has 6 aromatic heterocycles. The first kappa shape index (κ1) is 105. The number of hydrazine groups is 3. The van der Waals surface area contributed by atoms with Crippen LogP contribution in [0.3, 0.4) is 0 Å². The second kappa shape index (κ2) is 45.8. The monoisotopic (exact) mass is 2160 g/mol. The molecule has 0 spiro atoms. The zero-order valence-electron chi connectivity index (χ0n) is 76.7. The molecule has 12 heterocycles. The Morgan fingerprint density at radius 2 is 0.683 bits per heavy atom. The molecule has 0 unspecified atom stereocenters. The van der Waals surface area contributed by atoms with Crippen LogP contribution in [0.25, 0.3) is 48.8 Å². The van der Waals surface area contributed by atoms with E-state index in [1.807, 2.05) is 140 Å². The molecule has 3 amide bonds. The van der Waals surface area contributed by atoms with E-state index in [-0.39, 0.29) is 70.9 Å². The van der Waals surface area contributed by atoms with Gasteiger partial charge in [-0.2, -0.15) is 67.6 Å². The van der Waals surface area contributed by atoms with Gasteiger partial charge < -0.3 is 0 Å². The maximum Gasteiger partial charge on any atom is 0.286 e. The van der Waals surface area contributed by atoms with E-state index >= 15 is 0 Å². The maximum absolute atomic E-state index is 14.0. The molecule has 0 saturated carbocycles. The van der Waals surface area contributed by atoms with E-state index in [1.165, 1.54) is 49.4 Å². The SMILES string of the molecule is Cc1ccc(C#Cc2ccc(-c3c(CNS(=O)(=O)N4CC(F)(F)C4)c(C(=O)NN4CCCCC4)nn3-c3ccc(Cl)cc3Cl)s2)cc1.Cc1ccc(C#Cc2ccc(-c3c(CNS(=O)(=O)N4CCC(F)(F)C4)c(C(=O)NN4CCCCC4)nn3-c3ccc(Cl)cc3Cl)s2)cc1.Cc1ccc(C#Cc2ccc(-c3c(CNS(=O)(=O)N4CC[C@H](F)C4)c(C(=O)NN4CCCCC4)nn3-c3ccc(Cl)cc3Cl)s2)cc1. The van der Waals surface area contributed by atoms with Gasteiger partial charge in [0.1, 0.15) is 6.17 Å². The van der Waals surface area contributed by atoms with Gasteiger partial charge in [-0.1, -0.05) is 177 Å². The fraction of sp³-hybridized carbons (Fsp3) is 0.327. The minimum atomic E-state index is -4.34. The van der Waals surface area contributed by atoms with Crippen LogP contribution in [-0.4, -0.2) is 197 Å². The predicted octanol–water partition coefficient (Wildman–Crippen LogP) is 18.6. The highest BCUT2D eigenvalue weighted by Crippen LogP contribution is 2.43. The summed E-state index contributed by atoms with van der Waals surface area (Å²) in [6.45, 7) is 5.66. The van der Waals surface area contributed by atoms with Gasteiger partial charge >= 0.3 is 0 Å². The number of amides is 3. The van der Waals surface area contributed by atoms with Crippen molar-refractivity contribution >= 4 is 152 Å². The van der Waals surface area contributed by atoms with E-state index in [2.05, 4.69) is 71.1 Å². The van der Waals surface area contributed by atoms with Gasteiger partial charge in [-0.15, -0.1) is 34.0 Å². The van der Waals surface area contributed by atoms with E-state index < -0.39 is 106 Å². The summed E-state index contributed by atoms with van der Waals surface area (Å²) < 4.78 is 163. The van der Waals surface area contributed by atoms with Crippen molar-refractivity contribution in [2.45, 2.75) is 129 Å². The normalized spacial score (nSPS) is 17.0. The zero-order chi connectivity index (χ0) is 101. The molecule has 1 atom stereocenters. The Morgan fingerprint density at radius 1 is 0.380 bits per heavy atom. The van der Waals surface area contributed by atoms with Crippen molar-refractivity contribution in [2.75, 3.05) is 78.5 Å². The first-order valence-electron chi connectivity index (χ1n) is 45.4. The molecule has 6 N–H and O–H groups in total. The first-order chi connectivity index (χ1) is 67.8. The molecule has 0 aliphatic carbocycles. The highest BCUT2D eigenvalue weighted by Gasteiger charge is 2.50. The third kappa shape index (κ3) is 26.3. The van der Waals surface area contributed by atoms with Crippen LogP contribution < -0.4 is 30.4 Å². The number of hydrogen-bond acceptors (Lipinski definition) is 18. The van der Waals surface area contributed by atoms with Crippen LogP contribution >= 0.6 is 104 Å². The largest absolute Gasteiger partial charge is 0.286 e. The third-order valence-corrected chi connectivity index (χ3v) is 33.0. The van der Waals surface area contributed by atoms with Crippen LogP contribution in [0.1, 0.15) is 167 Å². The number of halogens is 11. The van der Waals surface area contributed by atoms with Crippen molar-refractivity contribution in [3.63, 3.8) is 0 Å². The predicted molar refractivity (Wildman–Crippen MR) is 547 cm³/mol. The molecule has 6 aliphatic rings. The fourth-order valence-corrected chi connectivity index (χ4v) is 24.2. The van der Waals surface area contributed by atoms with Gasteiger partial charge in [0, 0.05) is 133 Å². The second-order valence-electron chi connectivity index (χ2n) is 34.6. The Morgan fingerprint density at radius 3 is 0.965 bits per heavy atom. The number of thiophene rings is 3. The van der Waals surface area contributed by atoms with E-state index in [0.29, 0.717) is 132 Å². The minimum absolute atomic E-state index is 0.0322. The molecular weight excluding hydrogens is 2070 g/mol. The van der Waals surface area contributed by atoms with E-state index in [4.69, 9.17) is 79.8 Å². The molecule has 6 fully saturated rings. The quantitative estimate of drug-likeness (QED) is 0.0242. The van der Waals surface area contributed by atoms with Crippen LogP contribution in [-0.2, 0) is 50.3 Å². The van der Waals surface area contributed by atoms with Gasteiger partial charge in [0.05, 0.1) is 98.1 Å². The molecule has 6 aliphatic heterocycles. The Hall–Kier alpha value is -9.98. The van der Waals surface area contributed by atoms with Gasteiger partial charge in [-0.25, -0.2) is 51.0 Å². The molecule has 6 saturated heterocycles. The van der Waals surface area contributed by atoms with E-state index in [1.54, 1.807) is 58.2 Å². The van der Waals surface area contributed by atoms with Crippen molar-refractivity contribution in [1.82, 2.24) is 87.7 Å². The van der Waals surface area contributed by atoms with Gasteiger partial charge in [-0.3, -0.25) is 30.7 Å². The van der Waals surface area contributed by atoms with Gasteiger partial charge in [0.2, 0.25) is 0 Å².